The first-order chi connectivity index (χ1) is 15.7. The maximum absolute atomic E-state index is 13.0. The van der Waals surface area contributed by atoms with E-state index in [0.29, 0.717) is 17.1 Å². The largest absolute Gasteiger partial charge is 0.493 e. The second kappa shape index (κ2) is 11.5. The highest BCUT2D eigenvalue weighted by Gasteiger charge is 2.24. The van der Waals surface area contributed by atoms with Crippen molar-refractivity contribution in [2.24, 2.45) is 0 Å². The fraction of sp³-hybridized carbons (Fsp3) is 0.318. The van der Waals surface area contributed by atoms with Crippen LogP contribution in [0.2, 0.25) is 0 Å². The van der Waals surface area contributed by atoms with Gasteiger partial charge in [0.25, 0.3) is 11.6 Å². The molecule has 0 radical (unpaired) electrons. The van der Waals surface area contributed by atoms with Crippen molar-refractivity contribution in [3.8, 4) is 11.5 Å². The Morgan fingerprint density at radius 1 is 1.00 bits per heavy atom. The zero-order valence-corrected chi connectivity index (χ0v) is 18.6. The summed E-state index contributed by atoms with van der Waals surface area (Å²) in [7, 11) is 4.12. The van der Waals surface area contributed by atoms with Gasteiger partial charge in [-0.1, -0.05) is 6.07 Å². The van der Waals surface area contributed by atoms with Gasteiger partial charge in [-0.2, -0.15) is 0 Å². The van der Waals surface area contributed by atoms with Gasteiger partial charge in [-0.05, 0) is 30.7 Å². The Labute approximate surface area is 189 Å². The molecule has 1 N–H and O–H groups in total. The standard InChI is InChI=1S/C22H24N2O9/c1-5-33-22(27)15-8-14(9-16(10-15)24(28)29)21(26)23-17(12-20(25)32-4)13-6-7-18(30-2)19(11-13)31-3/h6-11,17H,5,12H2,1-4H3,(H,23,26). The van der Waals surface area contributed by atoms with E-state index in [2.05, 4.69) is 5.32 Å². The summed E-state index contributed by atoms with van der Waals surface area (Å²) in [6.07, 6.45) is -0.225. The van der Waals surface area contributed by atoms with Gasteiger partial charge in [0.05, 0.1) is 50.9 Å². The molecular weight excluding hydrogens is 436 g/mol. The van der Waals surface area contributed by atoms with Crippen LogP contribution >= 0.6 is 0 Å². The summed E-state index contributed by atoms with van der Waals surface area (Å²) in [5, 5.41) is 14.0. The number of nitro benzene ring substituents is 1. The molecule has 0 spiro atoms. The summed E-state index contributed by atoms with van der Waals surface area (Å²) >= 11 is 0. The zero-order valence-electron chi connectivity index (χ0n) is 18.6. The maximum atomic E-state index is 13.0. The van der Waals surface area contributed by atoms with Crippen molar-refractivity contribution in [3.05, 3.63) is 63.2 Å². The zero-order chi connectivity index (χ0) is 24.5. The van der Waals surface area contributed by atoms with Crippen LogP contribution < -0.4 is 14.8 Å². The highest BCUT2D eigenvalue weighted by atomic mass is 16.6. The molecule has 2 rings (SSSR count). The average Bonchev–Trinajstić information content (AvgIpc) is 2.82. The second-order valence-corrected chi connectivity index (χ2v) is 6.67. The monoisotopic (exact) mass is 460 g/mol. The second-order valence-electron chi connectivity index (χ2n) is 6.67. The summed E-state index contributed by atoms with van der Waals surface area (Å²) in [6.45, 7) is 1.65. The third-order valence-corrected chi connectivity index (χ3v) is 4.62. The lowest BCUT2D eigenvalue weighted by Gasteiger charge is -2.20. The van der Waals surface area contributed by atoms with E-state index in [4.69, 9.17) is 18.9 Å². The van der Waals surface area contributed by atoms with Crippen molar-refractivity contribution in [3.63, 3.8) is 0 Å². The normalized spacial score (nSPS) is 11.2. The molecular formula is C22H24N2O9. The number of hydrogen-bond donors (Lipinski definition) is 1. The first-order valence-corrected chi connectivity index (χ1v) is 9.80. The Bertz CT molecular complexity index is 1050. The first-order valence-electron chi connectivity index (χ1n) is 9.80. The van der Waals surface area contributed by atoms with Crippen LogP contribution in [0.3, 0.4) is 0 Å². The van der Waals surface area contributed by atoms with Crippen molar-refractivity contribution in [2.45, 2.75) is 19.4 Å². The number of nitrogens with one attached hydrogen (secondary N) is 1. The van der Waals surface area contributed by atoms with E-state index in [1.165, 1.54) is 27.4 Å². The smallest absolute Gasteiger partial charge is 0.338 e. The van der Waals surface area contributed by atoms with Crippen molar-refractivity contribution < 1.29 is 38.3 Å². The molecule has 0 aliphatic heterocycles. The van der Waals surface area contributed by atoms with Crippen LogP contribution in [0, 0.1) is 10.1 Å². The molecule has 0 saturated heterocycles. The SMILES string of the molecule is CCOC(=O)c1cc(C(=O)NC(CC(=O)OC)c2ccc(OC)c(OC)c2)cc([N+](=O)[O-])c1. The van der Waals surface area contributed by atoms with Crippen molar-refractivity contribution in [1.82, 2.24) is 5.32 Å². The van der Waals surface area contributed by atoms with E-state index in [9.17, 15) is 24.5 Å². The Kier molecular flexibility index (Phi) is 8.72. The Morgan fingerprint density at radius 2 is 1.67 bits per heavy atom. The number of hydrogen-bond acceptors (Lipinski definition) is 9. The topological polar surface area (TPSA) is 143 Å². The molecule has 11 nitrogen and oxygen atoms in total. The van der Waals surface area contributed by atoms with E-state index in [1.807, 2.05) is 0 Å². The molecule has 1 amide bonds. The van der Waals surface area contributed by atoms with Gasteiger partial charge < -0.3 is 24.3 Å². The Hall–Kier alpha value is -4.15. The summed E-state index contributed by atoms with van der Waals surface area (Å²) in [5.41, 5.74) is -0.252. The summed E-state index contributed by atoms with van der Waals surface area (Å²) in [5.74, 6) is -1.32. The number of ether oxygens (including phenoxy) is 4. The third-order valence-electron chi connectivity index (χ3n) is 4.62. The van der Waals surface area contributed by atoms with E-state index < -0.39 is 34.5 Å². The molecule has 0 heterocycles. The van der Waals surface area contributed by atoms with E-state index >= 15 is 0 Å². The predicted molar refractivity (Wildman–Crippen MR) is 115 cm³/mol. The molecule has 176 valence electrons. The predicted octanol–water partition coefficient (Wildman–Crippen LogP) is 2.82. The molecule has 0 aromatic heterocycles. The van der Waals surface area contributed by atoms with Gasteiger partial charge in [-0.15, -0.1) is 0 Å². The summed E-state index contributed by atoms with van der Waals surface area (Å²) in [6, 6.07) is 7.20. The quantitative estimate of drug-likeness (QED) is 0.321. The number of methoxy groups -OCH3 is 3. The molecule has 0 fully saturated rings. The van der Waals surface area contributed by atoms with Crippen molar-refractivity contribution >= 4 is 23.5 Å². The van der Waals surface area contributed by atoms with E-state index in [0.717, 1.165) is 12.1 Å². The molecule has 2 aromatic carbocycles. The molecule has 0 bridgehead atoms. The van der Waals surface area contributed by atoms with Crippen LogP contribution in [0.5, 0.6) is 11.5 Å². The van der Waals surface area contributed by atoms with Gasteiger partial charge >= 0.3 is 11.9 Å². The summed E-state index contributed by atoms with van der Waals surface area (Å²) in [4.78, 5) is 47.6. The highest BCUT2D eigenvalue weighted by molar-refractivity contribution is 5.99. The van der Waals surface area contributed by atoms with Gasteiger partial charge in [0.2, 0.25) is 0 Å². The maximum Gasteiger partial charge on any atom is 0.338 e. The third kappa shape index (κ3) is 6.42. The van der Waals surface area contributed by atoms with Crippen molar-refractivity contribution in [1.29, 1.82) is 0 Å². The minimum absolute atomic E-state index is 0.0591. The Balaban J connectivity index is 2.44. The highest BCUT2D eigenvalue weighted by Crippen LogP contribution is 2.31. The minimum atomic E-state index is -0.866. The van der Waals surface area contributed by atoms with Gasteiger partial charge in [0.1, 0.15) is 0 Å². The van der Waals surface area contributed by atoms with Crippen LogP contribution in [0.4, 0.5) is 5.69 Å². The van der Waals surface area contributed by atoms with Gasteiger partial charge in [-0.25, -0.2) is 4.79 Å². The van der Waals surface area contributed by atoms with Gasteiger partial charge in [0.15, 0.2) is 11.5 Å². The van der Waals surface area contributed by atoms with Crippen LogP contribution in [0.15, 0.2) is 36.4 Å². The van der Waals surface area contributed by atoms with Crippen molar-refractivity contribution in [2.75, 3.05) is 27.9 Å². The number of nitro groups is 1. The number of nitrogens with zero attached hydrogens (tertiary/aromatic N) is 1. The van der Waals surface area contributed by atoms with Crippen LogP contribution in [-0.4, -0.2) is 50.7 Å². The van der Waals surface area contributed by atoms with Crippen LogP contribution in [0.25, 0.3) is 0 Å². The van der Waals surface area contributed by atoms with Crippen LogP contribution in [0.1, 0.15) is 45.7 Å². The lowest BCUT2D eigenvalue weighted by atomic mass is 10.0. The molecule has 1 atom stereocenters. The fourth-order valence-electron chi connectivity index (χ4n) is 2.99. The molecule has 1 unspecified atom stereocenters. The number of amides is 1. The number of non-ortho nitro benzene ring substituents is 1. The molecule has 11 heteroatoms. The number of carbonyl (C=O) groups excluding carboxylic acids is 3. The number of rotatable bonds is 10. The number of benzene rings is 2. The lowest BCUT2D eigenvalue weighted by Crippen LogP contribution is -2.30. The fourth-order valence-corrected chi connectivity index (χ4v) is 2.99. The number of esters is 2. The minimum Gasteiger partial charge on any atom is -0.493 e. The molecule has 0 aliphatic rings. The Morgan fingerprint density at radius 3 is 2.24 bits per heavy atom. The van der Waals surface area contributed by atoms with E-state index in [-0.39, 0.29) is 24.2 Å². The molecule has 0 aliphatic carbocycles. The number of carbonyl (C=O) groups is 3. The molecule has 2 aromatic rings. The average molecular weight is 460 g/mol. The lowest BCUT2D eigenvalue weighted by molar-refractivity contribution is -0.384. The summed E-state index contributed by atoms with van der Waals surface area (Å²) < 4.78 is 20.1. The molecule has 0 saturated carbocycles. The van der Waals surface area contributed by atoms with Crippen LogP contribution in [-0.2, 0) is 14.3 Å². The molecule has 33 heavy (non-hydrogen) atoms. The van der Waals surface area contributed by atoms with Gasteiger partial charge in [-0.3, -0.25) is 19.7 Å². The first kappa shape index (κ1) is 25.1. The van der Waals surface area contributed by atoms with E-state index in [1.54, 1.807) is 25.1 Å². The van der Waals surface area contributed by atoms with Gasteiger partial charge in [0, 0.05) is 17.7 Å².